The van der Waals surface area contributed by atoms with E-state index in [0.29, 0.717) is 0 Å². The molecule has 0 heterocycles. The molecule has 0 radical (unpaired) electrons. The molecule has 0 atom stereocenters. The quantitative estimate of drug-likeness (QED) is 0.856. The van der Waals surface area contributed by atoms with Crippen molar-refractivity contribution in [2.45, 2.75) is 16.8 Å². The van der Waals surface area contributed by atoms with Crippen LogP contribution in [-0.2, 0) is 14.6 Å². The molecule has 3 N–H and O–H groups in total. The van der Waals surface area contributed by atoms with Crippen molar-refractivity contribution in [1.82, 2.24) is 0 Å². The lowest BCUT2D eigenvalue weighted by Gasteiger charge is -2.13. The number of anilines is 1. The van der Waals surface area contributed by atoms with Crippen LogP contribution in [-0.4, -0.2) is 26.4 Å². The fraction of sp³-hybridized carbons (Fsp3) is 0.300. The number of hydrogen-bond donors (Lipinski definition) is 2. The van der Waals surface area contributed by atoms with Crippen LogP contribution >= 0.6 is 0 Å². The van der Waals surface area contributed by atoms with Crippen LogP contribution in [0.1, 0.15) is 6.42 Å². The number of para-hydroxylation sites is 1. The molecule has 106 valence electrons. The molecule has 5 nitrogen and oxygen atoms in total. The molecule has 0 aromatic heterocycles. The Morgan fingerprint density at radius 3 is 2.37 bits per heavy atom. The van der Waals surface area contributed by atoms with E-state index in [4.69, 9.17) is 5.73 Å². The molecule has 0 unspecified atom stereocenters. The Balaban J connectivity index is 3.07. The molecule has 0 saturated carbocycles. The molecular weight excluding hydrogens is 285 g/mol. The second-order valence-corrected chi connectivity index (χ2v) is 5.50. The number of hydrogen-bond acceptors (Lipinski definition) is 4. The molecule has 0 saturated heterocycles. The standard InChI is InChI=1S/C10H11F3N2O3S/c11-10(12,13)19(17,18)8-4-2-1-3-7(8)15-6-5-9(14)16/h1-4,15H,5-6H2,(H2,14,16). The van der Waals surface area contributed by atoms with Crippen molar-refractivity contribution < 1.29 is 26.4 Å². The van der Waals surface area contributed by atoms with Gasteiger partial charge in [0.05, 0.1) is 10.6 Å². The van der Waals surface area contributed by atoms with E-state index >= 15 is 0 Å². The minimum absolute atomic E-state index is 0.0558. The summed E-state index contributed by atoms with van der Waals surface area (Å²) in [5, 5.41) is 2.44. The molecule has 9 heteroatoms. The predicted octanol–water partition coefficient (Wildman–Crippen LogP) is 1.27. The summed E-state index contributed by atoms with van der Waals surface area (Å²) < 4.78 is 60.0. The topological polar surface area (TPSA) is 89.3 Å². The first-order valence-electron chi connectivity index (χ1n) is 5.09. The molecule has 19 heavy (non-hydrogen) atoms. The van der Waals surface area contributed by atoms with Gasteiger partial charge in [0.15, 0.2) is 0 Å². The lowest BCUT2D eigenvalue weighted by Crippen LogP contribution is -2.24. The van der Waals surface area contributed by atoms with Gasteiger partial charge in [0.1, 0.15) is 0 Å². The monoisotopic (exact) mass is 296 g/mol. The van der Waals surface area contributed by atoms with E-state index in [1.54, 1.807) is 0 Å². The Morgan fingerprint density at radius 2 is 1.84 bits per heavy atom. The molecule has 1 aromatic rings. The largest absolute Gasteiger partial charge is 0.501 e. The average Bonchev–Trinajstić information content (AvgIpc) is 2.27. The maximum absolute atomic E-state index is 12.5. The summed E-state index contributed by atoms with van der Waals surface area (Å²) in [5.41, 5.74) is -0.729. The van der Waals surface area contributed by atoms with Crippen LogP contribution < -0.4 is 11.1 Å². The van der Waals surface area contributed by atoms with Gasteiger partial charge in [-0.05, 0) is 12.1 Å². The van der Waals surface area contributed by atoms with Crippen molar-refractivity contribution in [2.24, 2.45) is 5.73 Å². The Bertz CT molecular complexity index is 570. The van der Waals surface area contributed by atoms with Gasteiger partial charge in [0.25, 0.3) is 9.84 Å². The van der Waals surface area contributed by atoms with Crippen molar-refractivity contribution >= 4 is 21.4 Å². The van der Waals surface area contributed by atoms with E-state index in [1.807, 2.05) is 0 Å². The van der Waals surface area contributed by atoms with Gasteiger partial charge in [0.2, 0.25) is 5.91 Å². The van der Waals surface area contributed by atoms with Gasteiger partial charge in [-0.25, -0.2) is 8.42 Å². The van der Waals surface area contributed by atoms with Gasteiger partial charge < -0.3 is 11.1 Å². The number of amides is 1. The highest BCUT2D eigenvalue weighted by Crippen LogP contribution is 2.34. The van der Waals surface area contributed by atoms with Crippen molar-refractivity contribution in [3.05, 3.63) is 24.3 Å². The maximum Gasteiger partial charge on any atom is 0.501 e. The number of primary amides is 1. The summed E-state index contributed by atoms with van der Waals surface area (Å²) in [7, 11) is -5.44. The summed E-state index contributed by atoms with van der Waals surface area (Å²) in [6, 6.07) is 4.58. The third kappa shape index (κ3) is 3.60. The fourth-order valence-electron chi connectivity index (χ4n) is 1.29. The zero-order chi connectivity index (χ0) is 14.7. The van der Waals surface area contributed by atoms with E-state index in [1.165, 1.54) is 18.2 Å². The van der Waals surface area contributed by atoms with Crippen LogP contribution in [0.5, 0.6) is 0 Å². The minimum Gasteiger partial charge on any atom is -0.383 e. The van der Waals surface area contributed by atoms with E-state index < -0.39 is 26.1 Å². The van der Waals surface area contributed by atoms with Gasteiger partial charge in [-0.2, -0.15) is 13.2 Å². The highest BCUT2D eigenvalue weighted by atomic mass is 32.2. The van der Waals surface area contributed by atoms with Gasteiger partial charge >= 0.3 is 5.51 Å². The number of sulfone groups is 1. The molecule has 1 rings (SSSR count). The molecule has 1 amide bonds. The van der Waals surface area contributed by atoms with Crippen LogP contribution in [0.4, 0.5) is 18.9 Å². The molecular formula is C10H11F3N2O3S. The Kier molecular flexibility index (Phi) is 4.40. The summed E-state index contributed by atoms with van der Waals surface area (Å²) >= 11 is 0. The van der Waals surface area contributed by atoms with Crippen LogP contribution in [0.25, 0.3) is 0 Å². The van der Waals surface area contributed by atoms with Crippen molar-refractivity contribution in [3.8, 4) is 0 Å². The Labute approximate surface area is 107 Å². The third-order valence-electron chi connectivity index (χ3n) is 2.17. The van der Waals surface area contributed by atoms with Crippen molar-refractivity contribution in [1.29, 1.82) is 0 Å². The number of halogens is 3. The zero-order valence-electron chi connectivity index (χ0n) is 9.57. The third-order valence-corrected chi connectivity index (χ3v) is 3.71. The highest BCUT2D eigenvalue weighted by molar-refractivity contribution is 7.92. The number of nitrogens with one attached hydrogen (secondary N) is 1. The van der Waals surface area contributed by atoms with E-state index in [-0.39, 0.29) is 18.7 Å². The van der Waals surface area contributed by atoms with Gasteiger partial charge in [0, 0.05) is 13.0 Å². The summed E-state index contributed by atoms with van der Waals surface area (Å²) in [5.74, 6) is -0.649. The van der Waals surface area contributed by atoms with Gasteiger partial charge in [-0.1, -0.05) is 12.1 Å². The number of rotatable bonds is 5. The van der Waals surface area contributed by atoms with E-state index in [2.05, 4.69) is 5.32 Å². The Morgan fingerprint density at radius 1 is 1.26 bits per heavy atom. The smallest absolute Gasteiger partial charge is 0.383 e. The van der Waals surface area contributed by atoms with Crippen LogP contribution in [0.2, 0.25) is 0 Å². The lowest BCUT2D eigenvalue weighted by atomic mass is 10.3. The SMILES string of the molecule is NC(=O)CCNc1ccccc1S(=O)(=O)C(F)(F)F. The van der Waals surface area contributed by atoms with Crippen molar-refractivity contribution in [2.75, 3.05) is 11.9 Å². The predicted molar refractivity (Wildman–Crippen MR) is 62.0 cm³/mol. The van der Waals surface area contributed by atoms with E-state index in [0.717, 1.165) is 6.07 Å². The maximum atomic E-state index is 12.5. The number of alkyl halides is 3. The molecule has 0 spiro atoms. The second kappa shape index (κ2) is 5.47. The molecule has 1 aromatic carbocycles. The van der Waals surface area contributed by atoms with Crippen molar-refractivity contribution in [3.63, 3.8) is 0 Å². The zero-order valence-corrected chi connectivity index (χ0v) is 10.4. The molecule has 0 bridgehead atoms. The summed E-state index contributed by atoms with van der Waals surface area (Å²) in [4.78, 5) is 9.63. The van der Waals surface area contributed by atoms with Crippen LogP contribution in [0.15, 0.2) is 29.2 Å². The minimum atomic E-state index is -5.44. The fourth-order valence-corrected chi connectivity index (χ4v) is 2.23. The Hall–Kier alpha value is -1.77. The number of nitrogens with two attached hydrogens (primary N) is 1. The number of benzene rings is 1. The first kappa shape index (κ1) is 15.3. The lowest BCUT2D eigenvalue weighted by molar-refractivity contribution is -0.117. The highest BCUT2D eigenvalue weighted by Gasteiger charge is 2.47. The summed E-state index contributed by atoms with van der Waals surface area (Å²) in [6.45, 7) is -0.0558. The van der Waals surface area contributed by atoms with Crippen LogP contribution in [0.3, 0.4) is 0 Å². The summed E-state index contributed by atoms with van der Waals surface area (Å²) in [6.07, 6.45) is -0.125. The first-order chi connectivity index (χ1) is 8.66. The normalized spacial score (nSPS) is 12.2. The molecule has 0 aliphatic rings. The second-order valence-electron chi connectivity index (χ2n) is 3.59. The number of carbonyl (C=O) groups excluding carboxylic acids is 1. The van der Waals surface area contributed by atoms with Gasteiger partial charge in [-0.3, -0.25) is 4.79 Å². The molecule has 0 fully saturated rings. The molecule has 0 aliphatic carbocycles. The molecule has 0 aliphatic heterocycles. The first-order valence-corrected chi connectivity index (χ1v) is 6.57. The van der Waals surface area contributed by atoms with E-state index in [9.17, 15) is 26.4 Å². The number of carbonyl (C=O) groups is 1. The van der Waals surface area contributed by atoms with Gasteiger partial charge in [-0.15, -0.1) is 0 Å². The van der Waals surface area contributed by atoms with Crippen LogP contribution in [0, 0.1) is 0 Å². The average molecular weight is 296 g/mol.